The van der Waals surface area contributed by atoms with Crippen molar-refractivity contribution in [3.05, 3.63) is 23.8 Å². The maximum Gasteiger partial charge on any atom is 0.143 e. The monoisotopic (exact) mass is 249 g/mol. The average Bonchev–Trinajstić information content (AvgIpc) is 2.34. The third-order valence-electron chi connectivity index (χ3n) is 2.27. The number of rotatable bonds is 3. The smallest absolute Gasteiger partial charge is 0.143 e. The lowest BCUT2D eigenvalue weighted by Crippen LogP contribution is -2.29. The zero-order chi connectivity index (χ0) is 13.8. The van der Waals surface area contributed by atoms with E-state index in [1.54, 1.807) is 39.2 Å². The standard InChI is InChI=1S/C14H19NO3/c1-14(2,15)8-7-12(16)11-6-5-10(17-3)9-13(11)18-4/h5-6,9,12,16H,15H2,1-4H3. The predicted molar refractivity (Wildman–Crippen MR) is 70.5 cm³/mol. The van der Waals surface area contributed by atoms with E-state index < -0.39 is 11.6 Å². The van der Waals surface area contributed by atoms with Crippen LogP contribution in [0.4, 0.5) is 0 Å². The quantitative estimate of drug-likeness (QED) is 0.796. The van der Waals surface area contributed by atoms with Crippen molar-refractivity contribution in [2.45, 2.75) is 25.5 Å². The Morgan fingerprint density at radius 3 is 2.44 bits per heavy atom. The Kier molecular flexibility index (Phi) is 4.60. The molecule has 0 aliphatic heterocycles. The van der Waals surface area contributed by atoms with Gasteiger partial charge in [-0.2, -0.15) is 0 Å². The topological polar surface area (TPSA) is 64.7 Å². The minimum Gasteiger partial charge on any atom is -0.497 e. The fourth-order valence-electron chi connectivity index (χ4n) is 1.38. The number of aliphatic hydroxyl groups is 1. The van der Waals surface area contributed by atoms with Crippen LogP contribution >= 0.6 is 0 Å². The molecule has 0 saturated carbocycles. The lowest BCUT2D eigenvalue weighted by Gasteiger charge is -2.13. The molecule has 1 atom stereocenters. The summed E-state index contributed by atoms with van der Waals surface area (Å²) in [5.41, 5.74) is 5.70. The van der Waals surface area contributed by atoms with Crippen molar-refractivity contribution in [1.82, 2.24) is 0 Å². The number of hydrogen-bond donors (Lipinski definition) is 2. The maximum absolute atomic E-state index is 10.0. The van der Waals surface area contributed by atoms with Gasteiger partial charge in [0.2, 0.25) is 0 Å². The van der Waals surface area contributed by atoms with Gasteiger partial charge in [-0.25, -0.2) is 0 Å². The minimum atomic E-state index is -0.936. The molecule has 0 bridgehead atoms. The number of benzene rings is 1. The second-order valence-corrected chi connectivity index (χ2v) is 4.50. The third-order valence-corrected chi connectivity index (χ3v) is 2.27. The molecule has 0 aromatic heterocycles. The highest BCUT2D eigenvalue weighted by Gasteiger charge is 2.13. The average molecular weight is 249 g/mol. The normalized spacial score (nSPS) is 12.3. The van der Waals surface area contributed by atoms with Crippen LogP contribution in [0, 0.1) is 11.8 Å². The van der Waals surface area contributed by atoms with Crippen LogP contribution in [0.3, 0.4) is 0 Å². The van der Waals surface area contributed by atoms with Crippen molar-refractivity contribution in [2.75, 3.05) is 14.2 Å². The summed E-state index contributed by atoms with van der Waals surface area (Å²) in [5.74, 6) is 6.70. The number of aliphatic hydroxyl groups excluding tert-OH is 1. The fraction of sp³-hybridized carbons (Fsp3) is 0.429. The lowest BCUT2D eigenvalue weighted by atomic mass is 10.0. The lowest BCUT2D eigenvalue weighted by molar-refractivity contribution is 0.231. The Morgan fingerprint density at radius 2 is 1.94 bits per heavy atom. The van der Waals surface area contributed by atoms with Gasteiger partial charge in [-0.15, -0.1) is 0 Å². The molecular weight excluding hydrogens is 230 g/mol. The molecule has 18 heavy (non-hydrogen) atoms. The number of methoxy groups -OCH3 is 2. The number of ether oxygens (including phenoxy) is 2. The highest BCUT2D eigenvalue weighted by atomic mass is 16.5. The SMILES string of the molecule is COc1ccc(C(O)C#CC(C)(C)N)c(OC)c1. The first kappa shape index (κ1) is 14.4. The molecule has 1 rings (SSSR count). The van der Waals surface area contributed by atoms with Gasteiger partial charge in [0.15, 0.2) is 0 Å². The van der Waals surface area contributed by atoms with E-state index in [1.807, 2.05) is 0 Å². The molecule has 0 heterocycles. The molecule has 1 aromatic carbocycles. The molecule has 98 valence electrons. The van der Waals surface area contributed by atoms with Crippen LogP contribution in [0.25, 0.3) is 0 Å². The molecule has 0 amide bonds. The molecule has 3 N–H and O–H groups in total. The summed E-state index contributed by atoms with van der Waals surface area (Å²) in [6, 6.07) is 5.17. The van der Waals surface area contributed by atoms with Gasteiger partial charge in [0.25, 0.3) is 0 Å². The van der Waals surface area contributed by atoms with Gasteiger partial charge in [0.05, 0.1) is 19.8 Å². The van der Waals surface area contributed by atoms with Crippen molar-refractivity contribution in [1.29, 1.82) is 0 Å². The first-order valence-corrected chi connectivity index (χ1v) is 5.59. The first-order chi connectivity index (χ1) is 8.37. The Morgan fingerprint density at radius 1 is 1.28 bits per heavy atom. The molecule has 4 nitrogen and oxygen atoms in total. The van der Waals surface area contributed by atoms with E-state index >= 15 is 0 Å². The Bertz CT molecular complexity index is 466. The molecule has 0 radical (unpaired) electrons. The van der Waals surface area contributed by atoms with Crippen molar-refractivity contribution < 1.29 is 14.6 Å². The van der Waals surface area contributed by atoms with Gasteiger partial charge >= 0.3 is 0 Å². The first-order valence-electron chi connectivity index (χ1n) is 5.59. The summed E-state index contributed by atoms with van der Waals surface area (Å²) < 4.78 is 10.3. The highest BCUT2D eigenvalue weighted by molar-refractivity contribution is 5.44. The molecule has 0 fully saturated rings. The number of nitrogens with two attached hydrogens (primary N) is 1. The van der Waals surface area contributed by atoms with Crippen molar-refractivity contribution in [3.63, 3.8) is 0 Å². The van der Waals surface area contributed by atoms with Gasteiger partial charge in [0, 0.05) is 11.6 Å². The zero-order valence-corrected chi connectivity index (χ0v) is 11.2. The predicted octanol–water partition coefficient (Wildman–Crippen LogP) is 1.48. The molecule has 0 spiro atoms. The van der Waals surface area contributed by atoms with Crippen LogP contribution in [-0.2, 0) is 0 Å². The van der Waals surface area contributed by atoms with Crippen LogP contribution in [0.1, 0.15) is 25.5 Å². The van der Waals surface area contributed by atoms with E-state index in [2.05, 4.69) is 11.8 Å². The van der Waals surface area contributed by atoms with Crippen LogP contribution in [0.2, 0.25) is 0 Å². The molecule has 1 unspecified atom stereocenters. The Labute approximate surface area is 108 Å². The molecule has 1 aromatic rings. The van der Waals surface area contributed by atoms with Crippen molar-refractivity contribution in [3.8, 4) is 23.3 Å². The second-order valence-electron chi connectivity index (χ2n) is 4.50. The van der Waals surface area contributed by atoms with E-state index in [1.165, 1.54) is 7.11 Å². The Hall–Kier alpha value is -1.70. The third kappa shape index (κ3) is 3.95. The summed E-state index contributed by atoms with van der Waals surface area (Å²) in [5, 5.41) is 10.0. The van der Waals surface area contributed by atoms with Gasteiger partial charge in [0.1, 0.15) is 17.6 Å². The van der Waals surface area contributed by atoms with E-state index in [0.717, 1.165) is 0 Å². The summed E-state index contributed by atoms with van der Waals surface area (Å²) in [4.78, 5) is 0. The van der Waals surface area contributed by atoms with Gasteiger partial charge in [-0.05, 0) is 26.0 Å². The van der Waals surface area contributed by atoms with Gasteiger partial charge in [-0.1, -0.05) is 11.8 Å². The minimum absolute atomic E-state index is 0.533. The second kappa shape index (κ2) is 5.76. The van der Waals surface area contributed by atoms with Crippen LogP contribution in [0.15, 0.2) is 18.2 Å². The Balaban J connectivity index is 3.04. The molecule has 0 aliphatic rings. The molecule has 4 heteroatoms. The van der Waals surface area contributed by atoms with Crippen LogP contribution in [-0.4, -0.2) is 24.9 Å². The highest BCUT2D eigenvalue weighted by Crippen LogP contribution is 2.29. The van der Waals surface area contributed by atoms with Crippen LogP contribution in [0.5, 0.6) is 11.5 Å². The summed E-state index contributed by atoms with van der Waals surface area (Å²) in [6.07, 6.45) is -0.936. The van der Waals surface area contributed by atoms with Crippen molar-refractivity contribution >= 4 is 0 Å². The summed E-state index contributed by atoms with van der Waals surface area (Å²) in [6.45, 7) is 3.55. The van der Waals surface area contributed by atoms with E-state index in [0.29, 0.717) is 17.1 Å². The summed E-state index contributed by atoms with van der Waals surface area (Å²) in [7, 11) is 3.10. The maximum atomic E-state index is 10.0. The van der Waals surface area contributed by atoms with E-state index in [9.17, 15) is 5.11 Å². The van der Waals surface area contributed by atoms with Crippen molar-refractivity contribution in [2.24, 2.45) is 5.73 Å². The fourth-order valence-corrected chi connectivity index (χ4v) is 1.38. The summed E-state index contributed by atoms with van der Waals surface area (Å²) >= 11 is 0. The van der Waals surface area contributed by atoms with Gasteiger partial charge in [-0.3, -0.25) is 0 Å². The van der Waals surface area contributed by atoms with Gasteiger partial charge < -0.3 is 20.3 Å². The van der Waals surface area contributed by atoms with Crippen LogP contribution < -0.4 is 15.2 Å². The molecular formula is C14H19NO3. The zero-order valence-electron chi connectivity index (χ0n) is 11.2. The van der Waals surface area contributed by atoms with E-state index in [4.69, 9.17) is 15.2 Å². The molecule has 0 aliphatic carbocycles. The van der Waals surface area contributed by atoms with E-state index in [-0.39, 0.29) is 0 Å². The molecule has 0 saturated heterocycles. The number of hydrogen-bond acceptors (Lipinski definition) is 4. The largest absolute Gasteiger partial charge is 0.497 e.